The molecular formula is C18H17BrClN3O2. The van der Waals surface area contributed by atoms with E-state index in [2.05, 4.69) is 21.2 Å². The summed E-state index contributed by atoms with van der Waals surface area (Å²) in [6, 6.07) is 13.6. The molecule has 0 radical (unpaired) electrons. The van der Waals surface area contributed by atoms with Crippen LogP contribution in [0, 0.1) is 0 Å². The van der Waals surface area contributed by atoms with Gasteiger partial charge in [0.15, 0.2) is 0 Å². The number of halogens is 2. The molecule has 0 bridgehead atoms. The van der Waals surface area contributed by atoms with Crippen molar-refractivity contribution in [1.29, 1.82) is 0 Å². The molecule has 130 valence electrons. The summed E-state index contributed by atoms with van der Waals surface area (Å²) >= 11 is 9.35. The fourth-order valence-corrected chi connectivity index (χ4v) is 3.39. The van der Waals surface area contributed by atoms with E-state index in [9.17, 15) is 9.59 Å². The van der Waals surface area contributed by atoms with E-state index in [4.69, 9.17) is 11.6 Å². The largest absolute Gasteiger partial charge is 0.322 e. The number of carbonyl (C=O) groups excluding carboxylic acids is 2. The van der Waals surface area contributed by atoms with Crippen LogP contribution in [-0.2, 0) is 4.79 Å². The van der Waals surface area contributed by atoms with E-state index in [1.54, 1.807) is 36.1 Å². The molecule has 1 fully saturated rings. The lowest BCUT2D eigenvalue weighted by atomic mass is 10.1. The molecule has 1 aliphatic rings. The maximum atomic E-state index is 12.7. The summed E-state index contributed by atoms with van der Waals surface area (Å²) in [6.07, 6.45) is 0. The first-order valence-electron chi connectivity index (χ1n) is 7.86. The van der Waals surface area contributed by atoms with Gasteiger partial charge in [-0.25, -0.2) is 4.79 Å². The number of hydrogen-bond acceptors (Lipinski definition) is 2. The molecule has 1 N–H and O–H groups in total. The third-order valence-corrected chi connectivity index (χ3v) is 4.84. The SMILES string of the molecule is C[C@@H]1C(=O)N(c2cccc(Br)c2)CCN1C(=O)Nc1cccc(Cl)c1. The predicted octanol–water partition coefficient (Wildman–Crippen LogP) is 4.37. The Kier molecular flexibility index (Phi) is 5.30. The second-order valence-electron chi connectivity index (χ2n) is 5.78. The third-order valence-electron chi connectivity index (χ3n) is 4.11. The van der Waals surface area contributed by atoms with Crippen LogP contribution in [-0.4, -0.2) is 36.0 Å². The maximum absolute atomic E-state index is 12.7. The Labute approximate surface area is 159 Å². The Bertz CT molecular complexity index is 814. The smallest absolute Gasteiger partial charge is 0.311 e. The quantitative estimate of drug-likeness (QED) is 0.781. The fourth-order valence-electron chi connectivity index (χ4n) is 2.81. The molecule has 0 saturated carbocycles. The number of urea groups is 1. The van der Waals surface area contributed by atoms with Gasteiger partial charge >= 0.3 is 6.03 Å². The molecule has 3 rings (SSSR count). The van der Waals surface area contributed by atoms with Crippen molar-refractivity contribution in [2.24, 2.45) is 0 Å². The summed E-state index contributed by atoms with van der Waals surface area (Å²) in [5.74, 6) is -0.106. The van der Waals surface area contributed by atoms with E-state index in [-0.39, 0.29) is 11.9 Å². The van der Waals surface area contributed by atoms with Gasteiger partial charge in [-0.3, -0.25) is 4.79 Å². The first-order chi connectivity index (χ1) is 12.0. The molecule has 2 aromatic rings. The summed E-state index contributed by atoms with van der Waals surface area (Å²) in [7, 11) is 0. The second kappa shape index (κ2) is 7.45. The second-order valence-corrected chi connectivity index (χ2v) is 7.13. The maximum Gasteiger partial charge on any atom is 0.322 e. The first kappa shape index (κ1) is 17.8. The van der Waals surface area contributed by atoms with Crippen molar-refractivity contribution in [2.45, 2.75) is 13.0 Å². The normalized spacial score (nSPS) is 17.6. The highest BCUT2D eigenvalue weighted by atomic mass is 79.9. The molecule has 7 heteroatoms. The summed E-state index contributed by atoms with van der Waals surface area (Å²) in [6.45, 7) is 2.64. The molecule has 0 unspecified atom stereocenters. The van der Waals surface area contributed by atoms with Crippen LogP contribution in [0.4, 0.5) is 16.2 Å². The Morgan fingerprint density at radius 3 is 2.68 bits per heavy atom. The van der Waals surface area contributed by atoms with Gasteiger partial charge in [0.05, 0.1) is 0 Å². The van der Waals surface area contributed by atoms with Crippen LogP contribution in [0.1, 0.15) is 6.92 Å². The number of nitrogens with one attached hydrogen (secondary N) is 1. The van der Waals surface area contributed by atoms with Gasteiger partial charge in [0, 0.05) is 34.0 Å². The van der Waals surface area contributed by atoms with Crippen molar-refractivity contribution in [1.82, 2.24) is 4.90 Å². The fraction of sp³-hybridized carbons (Fsp3) is 0.222. The van der Waals surface area contributed by atoms with E-state index >= 15 is 0 Å². The van der Waals surface area contributed by atoms with Gasteiger partial charge in [-0.1, -0.05) is 39.7 Å². The Morgan fingerprint density at radius 2 is 1.96 bits per heavy atom. The minimum Gasteiger partial charge on any atom is -0.311 e. The van der Waals surface area contributed by atoms with Gasteiger partial charge in [0.2, 0.25) is 5.91 Å². The topological polar surface area (TPSA) is 52.7 Å². The number of benzene rings is 2. The summed E-state index contributed by atoms with van der Waals surface area (Å²) in [5.41, 5.74) is 1.42. The molecular weight excluding hydrogens is 406 g/mol. The average Bonchev–Trinajstić information content (AvgIpc) is 2.57. The molecule has 1 saturated heterocycles. The molecule has 0 aliphatic carbocycles. The number of rotatable bonds is 2. The minimum atomic E-state index is -0.549. The minimum absolute atomic E-state index is 0.106. The van der Waals surface area contributed by atoms with E-state index in [1.165, 1.54) is 4.90 Å². The number of nitrogens with zero attached hydrogens (tertiary/aromatic N) is 2. The van der Waals surface area contributed by atoms with Crippen molar-refractivity contribution in [3.63, 3.8) is 0 Å². The predicted molar refractivity (Wildman–Crippen MR) is 103 cm³/mol. The van der Waals surface area contributed by atoms with Crippen LogP contribution >= 0.6 is 27.5 Å². The van der Waals surface area contributed by atoms with Crippen molar-refractivity contribution in [3.05, 3.63) is 58.0 Å². The van der Waals surface area contributed by atoms with Crippen molar-refractivity contribution >= 4 is 50.8 Å². The van der Waals surface area contributed by atoms with Crippen LogP contribution in [0.25, 0.3) is 0 Å². The van der Waals surface area contributed by atoms with Gasteiger partial charge in [0.25, 0.3) is 0 Å². The van der Waals surface area contributed by atoms with Crippen molar-refractivity contribution in [2.75, 3.05) is 23.3 Å². The van der Waals surface area contributed by atoms with Gasteiger partial charge in [0.1, 0.15) is 6.04 Å². The molecule has 3 amide bonds. The lowest BCUT2D eigenvalue weighted by molar-refractivity contribution is -0.123. The zero-order valence-electron chi connectivity index (χ0n) is 13.6. The van der Waals surface area contributed by atoms with Crippen molar-refractivity contribution in [3.8, 4) is 0 Å². The number of carbonyl (C=O) groups is 2. The lowest BCUT2D eigenvalue weighted by Crippen LogP contribution is -2.58. The molecule has 2 aromatic carbocycles. The molecule has 1 atom stereocenters. The monoisotopic (exact) mass is 421 g/mol. The number of amides is 3. The van der Waals surface area contributed by atoms with Gasteiger partial charge in [-0.15, -0.1) is 0 Å². The van der Waals surface area contributed by atoms with Gasteiger partial charge in [-0.05, 0) is 43.3 Å². The van der Waals surface area contributed by atoms with Crippen LogP contribution in [0.5, 0.6) is 0 Å². The lowest BCUT2D eigenvalue weighted by Gasteiger charge is -2.39. The van der Waals surface area contributed by atoms with Crippen molar-refractivity contribution < 1.29 is 9.59 Å². The van der Waals surface area contributed by atoms with Crippen LogP contribution in [0.2, 0.25) is 5.02 Å². The summed E-state index contributed by atoms with van der Waals surface area (Å²) in [4.78, 5) is 28.5. The summed E-state index contributed by atoms with van der Waals surface area (Å²) in [5, 5.41) is 3.33. The highest BCUT2D eigenvalue weighted by Gasteiger charge is 2.35. The van der Waals surface area contributed by atoms with Crippen LogP contribution in [0.3, 0.4) is 0 Å². The number of hydrogen-bond donors (Lipinski definition) is 1. The Morgan fingerprint density at radius 1 is 1.20 bits per heavy atom. The standard InChI is InChI=1S/C18H17BrClN3O2/c1-12-17(24)23(16-7-2-4-13(19)10-16)9-8-22(12)18(25)21-15-6-3-5-14(20)11-15/h2-7,10-12H,8-9H2,1H3,(H,21,25)/t12-/m1/s1. The van der Waals surface area contributed by atoms with E-state index < -0.39 is 6.04 Å². The third kappa shape index (κ3) is 3.96. The van der Waals surface area contributed by atoms with Gasteiger partial charge in [-0.2, -0.15) is 0 Å². The zero-order valence-corrected chi connectivity index (χ0v) is 15.9. The first-order valence-corrected chi connectivity index (χ1v) is 9.03. The van der Waals surface area contributed by atoms with E-state index in [0.29, 0.717) is 23.8 Å². The molecule has 0 spiro atoms. The Balaban J connectivity index is 1.72. The molecule has 5 nitrogen and oxygen atoms in total. The van der Waals surface area contributed by atoms with E-state index in [0.717, 1.165) is 10.2 Å². The van der Waals surface area contributed by atoms with Crippen LogP contribution in [0.15, 0.2) is 53.0 Å². The molecule has 25 heavy (non-hydrogen) atoms. The van der Waals surface area contributed by atoms with Gasteiger partial charge < -0.3 is 15.1 Å². The molecule has 0 aromatic heterocycles. The molecule has 1 heterocycles. The Hall–Kier alpha value is -2.05. The molecule has 1 aliphatic heterocycles. The zero-order chi connectivity index (χ0) is 18.0. The highest BCUT2D eigenvalue weighted by molar-refractivity contribution is 9.10. The number of piperazine rings is 1. The summed E-state index contributed by atoms with van der Waals surface area (Å²) < 4.78 is 0.909. The number of anilines is 2. The van der Waals surface area contributed by atoms with E-state index in [1.807, 2.05) is 24.3 Å². The van der Waals surface area contributed by atoms with Crippen LogP contribution < -0.4 is 10.2 Å². The highest BCUT2D eigenvalue weighted by Crippen LogP contribution is 2.24. The average molecular weight is 423 g/mol.